The van der Waals surface area contributed by atoms with Crippen molar-refractivity contribution < 1.29 is 0 Å². The summed E-state index contributed by atoms with van der Waals surface area (Å²) in [6.45, 7) is 5.75. The minimum atomic E-state index is 0.719. The molecule has 4 heteroatoms. The van der Waals surface area contributed by atoms with Crippen molar-refractivity contribution in [2.45, 2.75) is 25.8 Å². The Morgan fingerprint density at radius 2 is 1.34 bits per heavy atom. The lowest BCUT2D eigenvalue weighted by Gasteiger charge is -2.15. The molecule has 2 aliphatic heterocycles. The van der Waals surface area contributed by atoms with Gasteiger partial charge in [0, 0.05) is 41.4 Å². The maximum absolute atomic E-state index is 5.84. The number of nitrogens with two attached hydrogens (primary N) is 1. The van der Waals surface area contributed by atoms with Gasteiger partial charge < -0.3 is 20.9 Å². The van der Waals surface area contributed by atoms with Gasteiger partial charge in [-0.1, -0.05) is 24.3 Å². The molecule has 150 valence electrons. The van der Waals surface area contributed by atoms with Crippen LogP contribution in [-0.2, 0) is 6.54 Å². The molecule has 1 aromatic heterocycles. The van der Waals surface area contributed by atoms with Gasteiger partial charge in [-0.3, -0.25) is 0 Å². The number of benzene rings is 2. The molecule has 2 aromatic carbocycles. The summed E-state index contributed by atoms with van der Waals surface area (Å²) in [6.07, 6.45) is 7.87. The molecule has 0 radical (unpaired) electrons. The Balaban J connectivity index is 1.69. The Kier molecular flexibility index (Phi) is 5.23. The van der Waals surface area contributed by atoms with Crippen LogP contribution in [0.25, 0.3) is 33.0 Å². The first-order valence-corrected chi connectivity index (χ1v) is 10.9. The van der Waals surface area contributed by atoms with Crippen molar-refractivity contribution in [3.8, 4) is 0 Å². The van der Waals surface area contributed by atoms with Crippen LogP contribution >= 0.6 is 0 Å². The fraction of sp³-hybridized carbons (Fsp3) is 0.360. The summed E-state index contributed by atoms with van der Waals surface area (Å²) in [5.41, 5.74) is 14.1. The fourth-order valence-corrected chi connectivity index (χ4v) is 4.76. The minimum absolute atomic E-state index is 0.719. The van der Waals surface area contributed by atoms with Gasteiger partial charge in [-0.05, 0) is 85.4 Å². The fourth-order valence-electron chi connectivity index (χ4n) is 4.76. The topological polar surface area (TPSA) is 55.0 Å². The molecule has 0 saturated heterocycles. The first-order valence-electron chi connectivity index (χ1n) is 10.9. The number of hydrogen-bond donors (Lipinski definition) is 3. The van der Waals surface area contributed by atoms with E-state index in [0.717, 1.165) is 58.5 Å². The minimum Gasteiger partial charge on any atom is -0.340 e. The number of nitrogens with one attached hydrogen (secondary N) is 2. The maximum atomic E-state index is 5.84. The van der Waals surface area contributed by atoms with Gasteiger partial charge in [0.15, 0.2) is 0 Å². The zero-order chi connectivity index (χ0) is 19.6. The van der Waals surface area contributed by atoms with Gasteiger partial charge in [0.05, 0.1) is 0 Å². The molecule has 29 heavy (non-hydrogen) atoms. The average Bonchev–Trinajstić information content (AvgIpc) is 3.11. The molecule has 0 atom stereocenters. The lowest BCUT2D eigenvalue weighted by atomic mass is 9.96. The summed E-state index contributed by atoms with van der Waals surface area (Å²) >= 11 is 0. The van der Waals surface area contributed by atoms with E-state index in [9.17, 15) is 0 Å². The van der Waals surface area contributed by atoms with Gasteiger partial charge in [-0.25, -0.2) is 0 Å². The standard InChI is InChI=1S/C25H30N4/c26-10-1-15-29-24-4-2-20(18-6-11-27-12-7-18)16-22(24)23-17-21(3-5-25(23)29)19-8-13-28-14-9-19/h2-6,8,16-17,27-28H,1,7,9-15,26H2. The number of rotatable bonds is 5. The van der Waals surface area contributed by atoms with Crippen LogP contribution in [0.1, 0.15) is 30.4 Å². The van der Waals surface area contributed by atoms with Gasteiger partial charge >= 0.3 is 0 Å². The van der Waals surface area contributed by atoms with Crippen LogP contribution < -0.4 is 16.4 Å². The van der Waals surface area contributed by atoms with E-state index in [-0.39, 0.29) is 0 Å². The number of aromatic nitrogens is 1. The zero-order valence-electron chi connectivity index (χ0n) is 17.0. The Morgan fingerprint density at radius 3 is 1.79 bits per heavy atom. The third-order valence-corrected chi connectivity index (χ3v) is 6.32. The monoisotopic (exact) mass is 386 g/mol. The van der Waals surface area contributed by atoms with Crippen molar-refractivity contribution in [3.63, 3.8) is 0 Å². The van der Waals surface area contributed by atoms with Crippen LogP contribution in [0.3, 0.4) is 0 Å². The summed E-state index contributed by atoms with van der Waals surface area (Å²) in [6, 6.07) is 14.0. The highest BCUT2D eigenvalue weighted by atomic mass is 15.0. The Bertz CT molecular complexity index is 1020. The van der Waals surface area contributed by atoms with Gasteiger partial charge in [0.25, 0.3) is 0 Å². The molecule has 5 rings (SSSR count). The third-order valence-electron chi connectivity index (χ3n) is 6.32. The van der Waals surface area contributed by atoms with Crippen LogP contribution in [-0.4, -0.2) is 37.3 Å². The Hall–Kier alpha value is -2.40. The molecule has 0 amide bonds. The second-order valence-corrected chi connectivity index (χ2v) is 8.12. The molecule has 0 saturated carbocycles. The first kappa shape index (κ1) is 18.6. The van der Waals surface area contributed by atoms with Gasteiger partial charge in [-0.2, -0.15) is 0 Å². The lowest BCUT2D eigenvalue weighted by molar-refractivity contribution is 0.687. The number of fused-ring (bicyclic) bond motifs is 3. The number of hydrogen-bond acceptors (Lipinski definition) is 3. The van der Waals surface area contributed by atoms with Crippen molar-refractivity contribution in [2.24, 2.45) is 5.73 Å². The van der Waals surface area contributed by atoms with Crippen molar-refractivity contribution in [3.05, 3.63) is 59.7 Å². The predicted molar refractivity (Wildman–Crippen MR) is 124 cm³/mol. The van der Waals surface area contributed by atoms with E-state index in [1.54, 1.807) is 0 Å². The highest BCUT2D eigenvalue weighted by molar-refractivity contribution is 6.09. The largest absolute Gasteiger partial charge is 0.340 e. The molecular weight excluding hydrogens is 356 g/mol. The quantitative estimate of drug-likeness (QED) is 0.623. The molecule has 0 fully saturated rings. The van der Waals surface area contributed by atoms with Gasteiger partial charge in [-0.15, -0.1) is 0 Å². The van der Waals surface area contributed by atoms with Crippen LogP contribution in [0.2, 0.25) is 0 Å². The third kappa shape index (κ3) is 3.52. The summed E-state index contributed by atoms with van der Waals surface area (Å²) in [4.78, 5) is 0. The molecule has 0 bridgehead atoms. The SMILES string of the molecule is NCCCn1c2ccc(C3=CCNCC3)cc2c2cc(C3=CCNCC3)ccc21. The second kappa shape index (κ2) is 8.15. The van der Waals surface area contributed by atoms with E-state index in [4.69, 9.17) is 5.73 Å². The van der Waals surface area contributed by atoms with Crippen LogP contribution in [0.4, 0.5) is 0 Å². The second-order valence-electron chi connectivity index (χ2n) is 8.12. The van der Waals surface area contributed by atoms with E-state index >= 15 is 0 Å². The Labute approximate surface area is 172 Å². The molecule has 4 nitrogen and oxygen atoms in total. The molecule has 0 aliphatic carbocycles. The van der Waals surface area contributed by atoms with E-state index < -0.39 is 0 Å². The molecule has 4 N–H and O–H groups in total. The summed E-state index contributed by atoms with van der Waals surface area (Å²) in [5.74, 6) is 0. The van der Waals surface area contributed by atoms with E-state index in [1.165, 1.54) is 44.1 Å². The molecule has 0 spiro atoms. The summed E-state index contributed by atoms with van der Waals surface area (Å²) < 4.78 is 2.46. The highest BCUT2D eigenvalue weighted by Gasteiger charge is 2.15. The summed E-state index contributed by atoms with van der Waals surface area (Å²) in [7, 11) is 0. The average molecular weight is 387 g/mol. The van der Waals surface area contributed by atoms with Crippen LogP contribution in [0.5, 0.6) is 0 Å². The van der Waals surface area contributed by atoms with E-state index in [1.807, 2.05) is 0 Å². The van der Waals surface area contributed by atoms with Crippen molar-refractivity contribution in [2.75, 3.05) is 32.7 Å². The summed E-state index contributed by atoms with van der Waals surface area (Å²) in [5, 5.41) is 9.57. The van der Waals surface area contributed by atoms with Crippen molar-refractivity contribution in [1.29, 1.82) is 0 Å². The smallest absolute Gasteiger partial charge is 0.0491 e. The number of aryl methyl sites for hydroxylation is 1. The van der Waals surface area contributed by atoms with Gasteiger partial charge in [0.1, 0.15) is 0 Å². The number of nitrogens with zero attached hydrogens (tertiary/aromatic N) is 1. The molecular formula is C25H30N4. The first-order chi connectivity index (χ1) is 14.3. The lowest BCUT2D eigenvalue weighted by Crippen LogP contribution is -2.20. The molecule has 2 aliphatic rings. The van der Waals surface area contributed by atoms with Gasteiger partial charge in [0.2, 0.25) is 0 Å². The van der Waals surface area contributed by atoms with Crippen LogP contribution in [0.15, 0.2) is 48.6 Å². The zero-order valence-corrected chi connectivity index (χ0v) is 17.0. The van der Waals surface area contributed by atoms with Crippen molar-refractivity contribution >= 4 is 33.0 Å². The molecule has 3 heterocycles. The maximum Gasteiger partial charge on any atom is 0.0491 e. The molecule has 3 aromatic rings. The highest BCUT2D eigenvalue weighted by Crippen LogP contribution is 2.34. The molecule has 0 unspecified atom stereocenters. The van der Waals surface area contributed by atoms with E-state index in [0.29, 0.717) is 0 Å². The predicted octanol–water partition coefficient (Wildman–Crippen LogP) is 3.90. The van der Waals surface area contributed by atoms with Crippen LogP contribution in [0, 0.1) is 0 Å². The van der Waals surface area contributed by atoms with E-state index in [2.05, 4.69) is 63.8 Å². The van der Waals surface area contributed by atoms with Crippen molar-refractivity contribution in [1.82, 2.24) is 15.2 Å². The normalized spacial score (nSPS) is 17.6. The Morgan fingerprint density at radius 1 is 0.793 bits per heavy atom.